The van der Waals surface area contributed by atoms with Gasteiger partial charge < -0.3 is 4.98 Å². The van der Waals surface area contributed by atoms with Gasteiger partial charge in [-0.15, -0.1) is 0 Å². The van der Waals surface area contributed by atoms with Gasteiger partial charge in [0.05, 0.1) is 9.26 Å². The summed E-state index contributed by atoms with van der Waals surface area (Å²) in [6.07, 6.45) is 1.99. The van der Waals surface area contributed by atoms with E-state index in [0.717, 1.165) is 27.9 Å². The highest BCUT2D eigenvalue weighted by atomic mass is 127. The van der Waals surface area contributed by atoms with Gasteiger partial charge in [-0.3, -0.25) is 4.79 Å². The average molecular weight is 304 g/mol. The predicted molar refractivity (Wildman–Crippen MR) is 63.5 cm³/mol. The summed E-state index contributed by atoms with van der Waals surface area (Å²) in [6.45, 7) is 4.22. The minimum atomic E-state index is 0.0200. The number of rotatable bonds is 2. The molecule has 2 unspecified atom stereocenters. The van der Waals surface area contributed by atoms with Crippen LogP contribution in [0.2, 0.25) is 0 Å². The van der Waals surface area contributed by atoms with Crippen molar-refractivity contribution in [3.8, 4) is 0 Å². The second-order valence-corrected chi connectivity index (χ2v) is 4.96. The van der Waals surface area contributed by atoms with Gasteiger partial charge in [-0.2, -0.15) is 0 Å². The zero-order valence-electron chi connectivity index (χ0n) is 8.30. The molecule has 1 saturated carbocycles. The van der Waals surface area contributed by atoms with Gasteiger partial charge in [0.15, 0.2) is 0 Å². The number of nitrogens with one attached hydrogen (secondary N) is 1. The molecule has 0 spiro atoms. The maximum absolute atomic E-state index is 11.6. The topological polar surface area (TPSA) is 45.8 Å². The minimum absolute atomic E-state index is 0.0200. The third-order valence-corrected chi connectivity index (χ3v) is 3.86. The van der Waals surface area contributed by atoms with Gasteiger partial charge in [0, 0.05) is 5.92 Å². The van der Waals surface area contributed by atoms with Crippen LogP contribution < -0.4 is 5.56 Å². The van der Waals surface area contributed by atoms with Gasteiger partial charge in [0.1, 0.15) is 5.82 Å². The summed E-state index contributed by atoms with van der Waals surface area (Å²) in [7, 11) is 0. The Balaban J connectivity index is 2.44. The number of aromatic nitrogens is 2. The van der Waals surface area contributed by atoms with E-state index < -0.39 is 0 Å². The molecule has 1 heterocycles. The molecule has 1 N–H and O–H groups in total. The van der Waals surface area contributed by atoms with E-state index in [1.807, 2.05) is 6.92 Å². The van der Waals surface area contributed by atoms with Crippen LogP contribution in [0.1, 0.15) is 37.7 Å². The normalized spacial score (nSPS) is 25.1. The molecule has 0 bridgehead atoms. The van der Waals surface area contributed by atoms with Crippen molar-refractivity contribution < 1.29 is 0 Å². The van der Waals surface area contributed by atoms with Gasteiger partial charge in [0.2, 0.25) is 0 Å². The third-order valence-electron chi connectivity index (χ3n) is 2.75. The second-order valence-electron chi connectivity index (χ2n) is 3.88. The molecular weight excluding hydrogens is 291 g/mol. The van der Waals surface area contributed by atoms with Crippen molar-refractivity contribution in [2.75, 3.05) is 0 Å². The van der Waals surface area contributed by atoms with Crippen molar-refractivity contribution in [1.29, 1.82) is 0 Å². The predicted octanol–water partition coefficient (Wildman–Crippen LogP) is 2.06. The lowest BCUT2D eigenvalue weighted by atomic mass is 10.3. The average Bonchev–Trinajstić information content (AvgIpc) is 2.87. The van der Waals surface area contributed by atoms with Crippen molar-refractivity contribution in [2.24, 2.45) is 5.92 Å². The maximum atomic E-state index is 11.6. The highest BCUT2D eigenvalue weighted by Gasteiger charge is 2.36. The molecule has 0 amide bonds. The van der Waals surface area contributed by atoms with Crippen LogP contribution >= 0.6 is 22.6 Å². The van der Waals surface area contributed by atoms with Crippen LogP contribution in [0.15, 0.2) is 4.79 Å². The number of aromatic amines is 1. The third kappa shape index (κ3) is 1.71. The summed E-state index contributed by atoms with van der Waals surface area (Å²) in [4.78, 5) is 18.9. The zero-order valence-corrected chi connectivity index (χ0v) is 10.5. The number of aryl methyl sites for hydroxylation is 1. The molecule has 1 aromatic heterocycles. The molecule has 0 aromatic carbocycles. The first-order valence-electron chi connectivity index (χ1n) is 4.92. The van der Waals surface area contributed by atoms with E-state index in [1.54, 1.807) is 0 Å². The van der Waals surface area contributed by atoms with Crippen molar-refractivity contribution in [3.63, 3.8) is 0 Å². The van der Waals surface area contributed by atoms with Crippen molar-refractivity contribution in [1.82, 2.24) is 9.97 Å². The fourth-order valence-corrected chi connectivity index (χ4v) is 2.27. The van der Waals surface area contributed by atoms with Crippen LogP contribution in [-0.2, 0) is 6.42 Å². The molecule has 0 radical (unpaired) electrons. The number of hydrogen-bond acceptors (Lipinski definition) is 2. The molecule has 1 aromatic rings. The molecule has 1 aliphatic carbocycles. The van der Waals surface area contributed by atoms with Gasteiger partial charge in [-0.05, 0) is 41.4 Å². The lowest BCUT2D eigenvalue weighted by Crippen LogP contribution is -2.17. The van der Waals surface area contributed by atoms with Crippen LogP contribution in [-0.4, -0.2) is 9.97 Å². The van der Waals surface area contributed by atoms with Gasteiger partial charge in [-0.25, -0.2) is 4.98 Å². The second kappa shape index (κ2) is 3.64. The molecule has 1 fully saturated rings. The van der Waals surface area contributed by atoms with Crippen LogP contribution in [0, 0.1) is 9.49 Å². The standard InChI is InChI=1S/C10H13IN2O/c1-3-7-8(11)10(14)13-9(12-7)6-4-5(6)2/h5-6H,3-4H2,1-2H3,(H,12,13,14). The number of hydrogen-bond donors (Lipinski definition) is 1. The Kier molecular flexibility index (Phi) is 2.64. The molecule has 0 saturated heterocycles. The van der Waals surface area contributed by atoms with E-state index in [-0.39, 0.29) is 5.56 Å². The summed E-state index contributed by atoms with van der Waals surface area (Å²) < 4.78 is 0.738. The summed E-state index contributed by atoms with van der Waals surface area (Å²) in [6, 6.07) is 0. The van der Waals surface area contributed by atoms with Crippen LogP contribution in [0.4, 0.5) is 0 Å². The number of halogens is 1. The first-order valence-corrected chi connectivity index (χ1v) is 6.00. The van der Waals surface area contributed by atoms with E-state index in [2.05, 4.69) is 39.5 Å². The molecule has 2 rings (SSSR count). The Labute approximate surface area is 96.5 Å². The van der Waals surface area contributed by atoms with Crippen LogP contribution in [0.3, 0.4) is 0 Å². The largest absolute Gasteiger partial charge is 0.309 e. The lowest BCUT2D eigenvalue weighted by Gasteiger charge is -2.03. The molecule has 1 aliphatic rings. The highest BCUT2D eigenvalue weighted by Crippen LogP contribution is 2.45. The molecule has 0 aliphatic heterocycles. The first-order chi connectivity index (χ1) is 6.63. The van der Waals surface area contributed by atoms with E-state index >= 15 is 0 Å². The smallest absolute Gasteiger partial charge is 0.264 e. The summed E-state index contributed by atoms with van der Waals surface area (Å²) in [5, 5.41) is 0. The molecule has 2 atom stereocenters. The summed E-state index contributed by atoms with van der Waals surface area (Å²) >= 11 is 2.06. The molecule has 76 valence electrons. The molecular formula is C10H13IN2O. The quantitative estimate of drug-likeness (QED) is 0.850. The molecule has 3 nitrogen and oxygen atoms in total. The van der Waals surface area contributed by atoms with Gasteiger partial charge >= 0.3 is 0 Å². The van der Waals surface area contributed by atoms with Crippen LogP contribution in [0.5, 0.6) is 0 Å². The van der Waals surface area contributed by atoms with E-state index in [1.165, 1.54) is 0 Å². The van der Waals surface area contributed by atoms with Crippen LogP contribution in [0.25, 0.3) is 0 Å². The Morgan fingerprint density at radius 2 is 2.29 bits per heavy atom. The van der Waals surface area contributed by atoms with E-state index in [4.69, 9.17) is 0 Å². The number of nitrogens with zero attached hydrogens (tertiary/aromatic N) is 1. The number of H-pyrrole nitrogens is 1. The maximum Gasteiger partial charge on any atom is 0.264 e. The Bertz CT molecular complexity index is 413. The summed E-state index contributed by atoms with van der Waals surface area (Å²) in [5.41, 5.74) is 0.954. The minimum Gasteiger partial charge on any atom is -0.309 e. The highest BCUT2D eigenvalue weighted by molar-refractivity contribution is 14.1. The zero-order chi connectivity index (χ0) is 10.3. The first kappa shape index (κ1) is 10.1. The van der Waals surface area contributed by atoms with Crippen molar-refractivity contribution >= 4 is 22.6 Å². The van der Waals surface area contributed by atoms with Gasteiger partial charge in [0.25, 0.3) is 5.56 Å². The SMILES string of the molecule is CCc1nc(C2CC2C)[nH]c(=O)c1I. The molecule has 4 heteroatoms. The van der Waals surface area contributed by atoms with Crippen molar-refractivity contribution in [3.05, 3.63) is 25.4 Å². The summed E-state index contributed by atoms with van der Waals surface area (Å²) in [5.74, 6) is 2.06. The van der Waals surface area contributed by atoms with Crippen molar-refractivity contribution in [2.45, 2.75) is 32.6 Å². The Hall–Kier alpha value is -0.390. The fourth-order valence-electron chi connectivity index (χ4n) is 1.64. The van der Waals surface area contributed by atoms with Gasteiger partial charge in [-0.1, -0.05) is 13.8 Å². The Morgan fingerprint density at radius 3 is 2.79 bits per heavy atom. The lowest BCUT2D eigenvalue weighted by molar-refractivity contribution is 0.805. The van der Waals surface area contributed by atoms with E-state index in [9.17, 15) is 4.79 Å². The molecule has 14 heavy (non-hydrogen) atoms. The van der Waals surface area contributed by atoms with E-state index in [0.29, 0.717) is 11.8 Å². The Morgan fingerprint density at radius 1 is 1.64 bits per heavy atom. The fraction of sp³-hybridized carbons (Fsp3) is 0.600. The monoisotopic (exact) mass is 304 g/mol.